The fraction of sp³-hybridized carbons (Fsp3) is 0.348. The number of imide groups is 1. The fourth-order valence-corrected chi connectivity index (χ4v) is 7.03. The third kappa shape index (κ3) is 3.05. The molecule has 2 aliphatic carbocycles. The molecule has 0 unspecified atom stereocenters. The molecule has 7 heteroatoms. The second-order valence-corrected chi connectivity index (χ2v) is 10.2. The minimum absolute atomic E-state index is 0.124. The zero-order valence-electron chi connectivity index (χ0n) is 15.9. The average molecular weight is 533 g/mol. The molecular formula is C23H19Br2NO4. The van der Waals surface area contributed by atoms with Gasteiger partial charge in [0.05, 0.1) is 23.1 Å². The van der Waals surface area contributed by atoms with Crippen molar-refractivity contribution in [1.82, 2.24) is 0 Å². The van der Waals surface area contributed by atoms with Gasteiger partial charge >= 0.3 is 5.97 Å². The van der Waals surface area contributed by atoms with Crippen LogP contribution >= 0.6 is 31.9 Å². The first kappa shape index (κ1) is 19.9. The predicted molar refractivity (Wildman–Crippen MR) is 119 cm³/mol. The van der Waals surface area contributed by atoms with E-state index >= 15 is 0 Å². The van der Waals surface area contributed by atoms with Gasteiger partial charge in [-0.25, -0.2) is 4.79 Å². The Balaban J connectivity index is 1.31. The van der Waals surface area contributed by atoms with E-state index in [9.17, 15) is 14.4 Å². The van der Waals surface area contributed by atoms with Crippen LogP contribution in [0.2, 0.25) is 0 Å². The van der Waals surface area contributed by atoms with Crippen molar-refractivity contribution >= 4 is 55.3 Å². The monoisotopic (exact) mass is 531 g/mol. The lowest BCUT2D eigenvalue weighted by atomic mass is 9.81. The van der Waals surface area contributed by atoms with E-state index in [-0.39, 0.29) is 51.7 Å². The summed E-state index contributed by atoms with van der Waals surface area (Å²) in [5.41, 5.74) is 1.80. The number of benzene rings is 2. The number of esters is 1. The molecule has 5 rings (SSSR count). The van der Waals surface area contributed by atoms with Gasteiger partial charge in [0.15, 0.2) is 0 Å². The first-order valence-corrected chi connectivity index (χ1v) is 11.8. The van der Waals surface area contributed by atoms with E-state index in [4.69, 9.17) is 4.74 Å². The summed E-state index contributed by atoms with van der Waals surface area (Å²) in [6, 6.07) is 16.0. The quantitative estimate of drug-likeness (QED) is 0.334. The molecule has 154 valence electrons. The molecule has 6 atom stereocenters. The number of nitrogens with zero attached hydrogens (tertiary/aromatic N) is 1. The van der Waals surface area contributed by atoms with Crippen LogP contribution in [0.15, 0.2) is 54.6 Å². The molecular weight excluding hydrogens is 514 g/mol. The van der Waals surface area contributed by atoms with Crippen LogP contribution in [0.5, 0.6) is 0 Å². The molecule has 3 aliphatic rings. The van der Waals surface area contributed by atoms with E-state index in [0.717, 1.165) is 12.0 Å². The molecule has 2 bridgehead atoms. The Hall–Kier alpha value is -1.99. The zero-order chi connectivity index (χ0) is 21.0. The van der Waals surface area contributed by atoms with Crippen molar-refractivity contribution in [3.05, 3.63) is 65.7 Å². The highest BCUT2D eigenvalue weighted by Crippen LogP contribution is 2.60. The zero-order valence-corrected chi connectivity index (χ0v) is 19.1. The highest BCUT2D eigenvalue weighted by molar-refractivity contribution is 9.12. The highest BCUT2D eigenvalue weighted by atomic mass is 79.9. The minimum atomic E-state index is -0.441. The van der Waals surface area contributed by atoms with Crippen LogP contribution in [0.4, 0.5) is 5.69 Å². The van der Waals surface area contributed by atoms with Crippen molar-refractivity contribution < 1.29 is 19.1 Å². The van der Waals surface area contributed by atoms with Crippen LogP contribution in [0.3, 0.4) is 0 Å². The molecule has 0 aromatic heterocycles. The first-order chi connectivity index (χ1) is 14.5. The standard InChI is InChI=1S/C23H19Br2NO4/c24-19-15-10-16(20(19)25)18-17(15)21(27)26(22(18)28)14-8-6-13(7-9-14)23(29)30-11-12-4-2-1-3-5-12/h1-9,15-20H,10-11H2/t15-,16-,17-,18-,19-,20+/m1/s1. The normalized spacial score (nSPS) is 31.9. The Labute approximate surface area is 191 Å². The summed E-state index contributed by atoms with van der Waals surface area (Å²) in [7, 11) is 0. The number of ether oxygens (including phenoxy) is 1. The summed E-state index contributed by atoms with van der Waals surface area (Å²) in [6.07, 6.45) is 0.901. The topological polar surface area (TPSA) is 63.7 Å². The van der Waals surface area contributed by atoms with Gasteiger partial charge in [0.2, 0.25) is 11.8 Å². The molecule has 2 saturated carbocycles. The van der Waals surface area contributed by atoms with E-state index < -0.39 is 5.97 Å². The molecule has 2 aromatic rings. The molecule has 1 heterocycles. The lowest BCUT2D eigenvalue weighted by molar-refractivity contribution is -0.123. The molecule has 1 aliphatic heterocycles. The average Bonchev–Trinajstić information content (AvgIpc) is 3.38. The fourth-order valence-electron chi connectivity index (χ4n) is 5.16. The second-order valence-electron chi connectivity index (χ2n) is 8.12. The molecule has 2 amide bonds. The molecule has 1 saturated heterocycles. The Kier molecular flexibility index (Phi) is 5.06. The molecule has 3 fully saturated rings. The summed E-state index contributed by atoms with van der Waals surface area (Å²) in [5, 5.41) is 0. The molecule has 0 radical (unpaired) electrons. The van der Waals surface area contributed by atoms with Gasteiger partial charge in [0.1, 0.15) is 6.61 Å². The van der Waals surface area contributed by atoms with Crippen LogP contribution in [-0.2, 0) is 20.9 Å². The van der Waals surface area contributed by atoms with Gasteiger partial charge in [0.25, 0.3) is 0 Å². The van der Waals surface area contributed by atoms with Crippen molar-refractivity contribution in [2.75, 3.05) is 4.90 Å². The van der Waals surface area contributed by atoms with Crippen LogP contribution in [0.1, 0.15) is 22.3 Å². The van der Waals surface area contributed by atoms with Crippen molar-refractivity contribution in [2.45, 2.75) is 22.7 Å². The Morgan fingerprint density at radius 3 is 2.03 bits per heavy atom. The molecule has 30 heavy (non-hydrogen) atoms. The summed E-state index contributed by atoms with van der Waals surface area (Å²) in [5.74, 6) is -0.839. The summed E-state index contributed by atoms with van der Waals surface area (Å²) in [6.45, 7) is 0.193. The van der Waals surface area contributed by atoms with E-state index in [1.165, 1.54) is 4.90 Å². The van der Waals surface area contributed by atoms with Crippen molar-refractivity contribution in [1.29, 1.82) is 0 Å². The van der Waals surface area contributed by atoms with Gasteiger partial charge in [-0.05, 0) is 48.1 Å². The van der Waals surface area contributed by atoms with Crippen LogP contribution < -0.4 is 4.90 Å². The van der Waals surface area contributed by atoms with Crippen molar-refractivity contribution in [3.8, 4) is 0 Å². The van der Waals surface area contributed by atoms with Crippen molar-refractivity contribution in [2.24, 2.45) is 23.7 Å². The number of carbonyl (C=O) groups excluding carboxylic acids is 3. The number of halogens is 2. The van der Waals surface area contributed by atoms with Gasteiger partial charge in [-0.3, -0.25) is 14.5 Å². The van der Waals surface area contributed by atoms with Crippen LogP contribution in [-0.4, -0.2) is 27.4 Å². The van der Waals surface area contributed by atoms with Crippen LogP contribution in [0, 0.1) is 23.7 Å². The lowest BCUT2D eigenvalue weighted by Gasteiger charge is -2.28. The Morgan fingerprint density at radius 2 is 1.47 bits per heavy atom. The number of alkyl halides is 2. The predicted octanol–water partition coefficient (Wildman–Crippen LogP) is 4.33. The number of rotatable bonds is 4. The van der Waals surface area contributed by atoms with Crippen LogP contribution in [0.25, 0.3) is 0 Å². The largest absolute Gasteiger partial charge is 0.457 e. The number of amides is 2. The molecule has 0 N–H and O–H groups in total. The third-order valence-electron chi connectivity index (χ3n) is 6.56. The van der Waals surface area contributed by atoms with Gasteiger partial charge < -0.3 is 4.74 Å². The van der Waals surface area contributed by atoms with E-state index in [2.05, 4.69) is 31.9 Å². The molecule has 0 spiro atoms. The van der Waals surface area contributed by atoms with E-state index in [1.54, 1.807) is 24.3 Å². The van der Waals surface area contributed by atoms with Gasteiger partial charge in [0, 0.05) is 9.65 Å². The van der Waals surface area contributed by atoms with E-state index in [0.29, 0.717) is 11.3 Å². The summed E-state index contributed by atoms with van der Waals surface area (Å²) in [4.78, 5) is 40.2. The first-order valence-electron chi connectivity index (χ1n) is 9.94. The SMILES string of the molecule is O=C(OCc1ccccc1)c1ccc(N2C(=O)[C@@H]3[C@H]4C[C@@H]([C@@H](Br)[C@H]4Br)[C@H]3C2=O)cc1. The minimum Gasteiger partial charge on any atom is -0.457 e. The highest BCUT2D eigenvalue weighted by Gasteiger charge is 2.66. The summed E-state index contributed by atoms with van der Waals surface area (Å²) < 4.78 is 5.35. The number of hydrogen-bond acceptors (Lipinski definition) is 4. The summed E-state index contributed by atoms with van der Waals surface area (Å²) >= 11 is 7.39. The van der Waals surface area contributed by atoms with Gasteiger partial charge in [-0.1, -0.05) is 62.2 Å². The van der Waals surface area contributed by atoms with Crippen molar-refractivity contribution in [3.63, 3.8) is 0 Å². The maximum Gasteiger partial charge on any atom is 0.338 e. The Bertz CT molecular complexity index is 978. The maximum atomic E-state index is 13.1. The van der Waals surface area contributed by atoms with Gasteiger partial charge in [-0.2, -0.15) is 0 Å². The molecule has 5 nitrogen and oxygen atoms in total. The third-order valence-corrected chi connectivity index (χ3v) is 9.77. The second kappa shape index (κ2) is 7.61. The number of fused-ring (bicyclic) bond motifs is 5. The number of carbonyl (C=O) groups is 3. The Morgan fingerprint density at radius 1 is 0.900 bits per heavy atom. The molecule has 2 aromatic carbocycles. The van der Waals surface area contributed by atoms with E-state index in [1.807, 2.05) is 30.3 Å². The maximum absolute atomic E-state index is 13.1. The van der Waals surface area contributed by atoms with Gasteiger partial charge in [-0.15, -0.1) is 0 Å². The number of anilines is 1. The number of hydrogen-bond donors (Lipinski definition) is 0. The lowest BCUT2D eigenvalue weighted by Crippen LogP contribution is -2.37. The smallest absolute Gasteiger partial charge is 0.338 e.